The summed E-state index contributed by atoms with van der Waals surface area (Å²) in [7, 11) is -10.6. The van der Waals surface area contributed by atoms with Gasteiger partial charge in [-0.3, -0.25) is 10.2 Å². The number of hydrazone groups is 1. The molecule has 0 saturated heterocycles. The Labute approximate surface area is 324 Å². The van der Waals surface area contributed by atoms with E-state index in [9.17, 15) is 30.7 Å². The van der Waals surface area contributed by atoms with Gasteiger partial charge in [-0.05, 0) is 78.7 Å². The van der Waals surface area contributed by atoms with Crippen LogP contribution in [0.4, 0.5) is 45.5 Å². The number of rotatable bonds is 8. The summed E-state index contributed by atoms with van der Waals surface area (Å²) < 4.78 is 72.9. The van der Waals surface area contributed by atoms with E-state index in [1.807, 2.05) is 0 Å². The molecule has 0 fully saturated rings. The molecule has 0 bridgehead atoms. The molecule has 0 aromatic heterocycles. The molecule has 240 valence electrons. The van der Waals surface area contributed by atoms with Crippen LogP contribution in [0.2, 0.25) is 0 Å². The van der Waals surface area contributed by atoms with Crippen LogP contribution in [0.25, 0.3) is 6.08 Å². The van der Waals surface area contributed by atoms with Gasteiger partial charge in [-0.15, -0.1) is 10.2 Å². The van der Waals surface area contributed by atoms with Crippen molar-refractivity contribution in [1.82, 2.24) is 0 Å². The molecule has 16 nitrogen and oxygen atoms in total. The van der Waals surface area contributed by atoms with Crippen LogP contribution in [0, 0.1) is 6.92 Å². The Morgan fingerprint density at radius 1 is 0.735 bits per heavy atom. The monoisotopic (exact) mass is 719 g/mol. The molecule has 4 aromatic carbocycles. The minimum absolute atomic E-state index is 0. The largest absolute Gasteiger partial charge is 1.00 e. The summed E-state index contributed by atoms with van der Waals surface area (Å²) in [6.07, 6.45) is 0.711. The van der Waals surface area contributed by atoms with Gasteiger partial charge in [-0.2, -0.15) is 15.3 Å². The molecule has 5 rings (SSSR count). The number of carbonyl (C=O) groups excluding carboxylic acids is 1. The Balaban J connectivity index is 0.00000325. The van der Waals surface area contributed by atoms with Gasteiger partial charge >= 0.3 is 59.1 Å². The van der Waals surface area contributed by atoms with Crippen LogP contribution in [-0.4, -0.2) is 37.4 Å². The first-order valence-electron chi connectivity index (χ1n) is 13.3. The average molecular weight is 720 g/mol. The Bertz CT molecular complexity index is 2280. The fourth-order valence-electron chi connectivity index (χ4n) is 4.34. The number of aryl methyl sites for hydroxylation is 1. The number of ketones is 1. The molecule has 0 atom stereocenters. The quantitative estimate of drug-likeness (QED) is 0.0565. The summed E-state index contributed by atoms with van der Waals surface area (Å²) in [5.41, 5.74) is 20.4. The van der Waals surface area contributed by atoms with Gasteiger partial charge in [0.2, 0.25) is 5.78 Å². The number of anilines is 4. The number of carbonyl (C=O) groups is 1. The van der Waals surface area contributed by atoms with Crippen molar-refractivity contribution in [3.63, 3.8) is 0 Å². The third-order valence-electron chi connectivity index (χ3n) is 6.71. The van der Waals surface area contributed by atoms with Crippen LogP contribution in [0.1, 0.15) is 21.5 Å². The summed E-state index contributed by atoms with van der Waals surface area (Å²) in [5, 5.41) is 19.9. The van der Waals surface area contributed by atoms with E-state index < -0.39 is 64.0 Å². The van der Waals surface area contributed by atoms with Crippen molar-refractivity contribution >= 4 is 83.3 Å². The van der Waals surface area contributed by atoms with Crippen molar-refractivity contribution in [2.75, 3.05) is 22.6 Å². The second kappa shape index (κ2) is 15.8. The Kier molecular flexibility index (Phi) is 12.8. The SMILES string of the molecule is Cc1cc(N=Nc2ccc(N=Nc3c(S(=O)(=O)[O-])cc4c(c3N)C(=O)/C(=N\Nc3ccccc3)C(S(=O)(=O)[O-])=C4)cc2)c(N)cc1N.[Na+].[Na+]. The Morgan fingerprint density at radius 3 is 1.90 bits per heavy atom. The smallest absolute Gasteiger partial charge is 0.744 e. The van der Waals surface area contributed by atoms with E-state index in [0.717, 1.165) is 5.56 Å². The third-order valence-corrected chi connectivity index (χ3v) is 8.41. The fraction of sp³-hybridized carbons (Fsp3) is 0.0345. The first-order valence-corrected chi connectivity index (χ1v) is 16.1. The van der Waals surface area contributed by atoms with E-state index in [1.165, 1.54) is 24.3 Å². The van der Waals surface area contributed by atoms with Gasteiger partial charge in [0, 0.05) is 5.69 Å². The molecule has 0 aliphatic heterocycles. The maximum absolute atomic E-state index is 13.5. The number of fused-ring (bicyclic) bond motifs is 1. The van der Waals surface area contributed by atoms with Gasteiger partial charge in [0.25, 0.3) is 0 Å². The van der Waals surface area contributed by atoms with E-state index in [1.54, 1.807) is 49.4 Å². The molecular formula is C29H23N9Na2O7S2. The van der Waals surface area contributed by atoms with Crippen LogP contribution < -0.4 is 81.7 Å². The molecule has 0 heterocycles. The van der Waals surface area contributed by atoms with Crippen LogP contribution in [-0.2, 0) is 20.2 Å². The number of para-hydroxylation sites is 1. The number of nitrogens with one attached hydrogen (secondary N) is 1. The van der Waals surface area contributed by atoms with E-state index >= 15 is 0 Å². The van der Waals surface area contributed by atoms with Crippen molar-refractivity contribution in [2.45, 2.75) is 11.8 Å². The van der Waals surface area contributed by atoms with Crippen molar-refractivity contribution in [3.05, 3.63) is 94.4 Å². The zero-order chi connectivity index (χ0) is 34.1. The standard InChI is InChI=1S/C29H25N9O7S2.2Na/c1-15-11-22(21(31)14-20(15)30)36-33-18-7-9-19(10-8-18)35-37-27-23(46(40,41)42)12-16-13-24(47(43,44)45)28(29(39)25(16)26(27)32)38-34-17-5-3-2-4-6-17;;/h2-14,34H,30-32H2,1H3,(H,40,41,42)(H,43,44,45);;/q;2*+1/p-2/b36-33?,37-35?,38-28-;;. The minimum atomic E-state index is -5.32. The fourth-order valence-corrected chi connectivity index (χ4v) is 5.64. The van der Waals surface area contributed by atoms with Crippen molar-refractivity contribution in [2.24, 2.45) is 25.6 Å². The van der Waals surface area contributed by atoms with Crippen molar-refractivity contribution in [3.8, 4) is 0 Å². The minimum Gasteiger partial charge on any atom is -0.744 e. The number of benzene rings is 4. The molecule has 0 radical (unpaired) electrons. The molecule has 7 N–H and O–H groups in total. The van der Waals surface area contributed by atoms with Crippen molar-refractivity contribution < 1.29 is 89.9 Å². The maximum Gasteiger partial charge on any atom is 1.00 e. The van der Waals surface area contributed by atoms with Crippen LogP contribution in [0.15, 0.2) is 108 Å². The molecule has 0 amide bonds. The maximum atomic E-state index is 13.5. The van der Waals surface area contributed by atoms with Gasteiger partial charge in [0.15, 0.2) is 0 Å². The van der Waals surface area contributed by atoms with E-state index in [-0.39, 0.29) is 64.8 Å². The van der Waals surface area contributed by atoms with Gasteiger partial charge < -0.3 is 26.3 Å². The molecular weight excluding hydrogens is 696 g/mol. The van der Waals surface area contributed by atoms with Gasteiger partial charge in [0.05, 0.1) is 43.8 Å². The molecule has 1 aliphatic rings. The predicted octanol–water partition coefficient (Wildman–Crippen LogP) is -0.965. The van der Waals surface area contributed by atoms with E-state index in [0.29, 0.717) is 40.6 Å². The predicted molar refractivity (Wildman–Crippen MR) is 173 cm³/mol. The number of nitrogens with two attached hydrogens (primary N) is 3. The van der Waals surface area contributed by atoms with Gasteiger partial charge in [-0.1, -0.05) is 18.2 Å². The number of Topliss-reactive ketones (excluding diaryl/α,β-unsaturated/α-hetero) is 1. The molecule has 20 heteroatoms. The summed E-state index contributed by atoms with van der Waals surface area (Å²) in [5.74, 6) is -1.14. The number of hydrogen-bond acceptors (Lipinski definition) is 16. The zero-order valence-electron chi connectivity index (χ0n) is 26.1. The normalized spacial score (nSPS) is 13.9. The summed E-state index contributed by atoms with van der Waals surface area (Å²) in [4.78, 5) is 11.5. The van der Waals surface area contributed by atoms with Crippen molar-refractivity contribution in [1.29, 1.82) is 0 Å². The van der Waals surface area contributed by atoms with Crippen LogP contribution in [0.5, 0.6) is 0 Å². The first kappa shape index (κ1) is 39.6. The number of hydrogen-bond donors (Lipinski definition) is 4. The second-order valence-corrected chi connectivity index (χ2v) is 12.7. The molecule has 0 saturated carbocycles. The number of nitrogen functional groups attached to an aromatic ring is 3. The van der Waals surface area contributed by atoms with E-state index in [4.69, 9.17) is 17.2 Å². The average Bonchev–Trinajstić information content (AvgIpc) is 3.01. The van der Waals surface area contributed by atoms with Gasteiger partial charge in [0.1, 0.15) is 37.3 Å². The van der Waals surface area contributed by atoms with E-state index in [2.05, 4.69) is 31.0 Å². The Hall–Kier alpha value is -3.82. The molecule has 0 spiro atoms. The van der Waals surface area contributed by atoms with Crippen LogP contribution >= 0.6 is 0 Å². The van der Waals surface area contributed by atoms with Crippen LogP contribution in [0.3, 0.4) is 0 Å². The molecule has 0 unspecified atom stereocenters. The second-order valence-electron chi connectivity index (χ2n) is 9.97. The molecule has 1 aliphatic carbocycles. The summed E-state index contributed by atoms with van der Waals surface area (Å²) in [6, 6.07) is 18.0. The number of nitrogens with zero attached hydrogens (tertiary/aromatic N) is 5. The Morgan fingerprint density at radius 2 is 1.33 bits per heavy atom. The summed E-state index contributed by atoms with van der Waals surface area (Å²) >= 11 is 0. The topological polar surface area (TPSA) is 283 Å². The summed E-state index contributed by atoms with van der Waals surface area (Å²) in [6.45, 7) is 1.79. The molecule has 49 heavy (non-hydrogen) atoms. The third kappa shape index (κ3) is 9.05. The zero-order valence-corrected chi connectivity index (χ0v) is 31.8. The number of azo groups is 2. The molecule has 4 aromatic rings. The van der Waals surface area contributed by atoms with Gasteiger partial charge in [-0.25, -0.2) is 16.8 Å². The first-order chi connectivity index (χ1) is 22.1. The number of allylic oxidation sites excluding steroid dienone is 1.